The third-order valence-corrected chi connectivity index (χ3v) is 6.37. The molecular weight excluding hydrogens is 387 g/mol. The van der Waals surface area contributed by atoms with Crippen molar-refractivity contribution in [2.75, 3.05) is 19.6 Å². The topological polar surface area (TPSA) is 36.9 Å². The van der Waals surface area contributed by atoms with Crippen molar-refractivity contribution in [2.24, 2.45) is 5.92 Å². The van der Waals surface area contributed by atoms with E-state index >= 15 is 0 Å². The highest BCUT2D eigenvalue weighted by Gasteiger charge is 2.34. The largest absolute Gasteiger partial charge is 0.338 e. The normalized spacial score (nSPS) is 16.8. The summed E-state index contributed by atoms with van der Waals surface area (Å²) >= 11 is 14.3. The second-order valence-corrected chi connectivity index (χ2v) is 9.01. The van der Waals surface area contributed by atoms with Crippen LogP contribution in [0.2, 0.25) is 10.0 Å². The summed E-state index contributed by atoms with van der Waals surface area (Å²) in [5.41, 5.74) is 2.15. The molecule has 1 amide bonds. The van der Waals surface area contributed by atoms with Crippen molar-refractivity contribution in [3.05, 3.63) is 55.7 Å². The number of carbonyl (C=O) groups is 1. The van der Waals surface area contributed by atoms with Gasteiger partial charge in [0.05, 0.1) is 12.6 Å². The highest BCUT2D eigenvalue weighted by Crippen LogP contribution is 2.40. The van der Waals surface area contributed by atoms with Crippen LogP contribution in [-0.4, -0.2) is 30.4 Å². The van der Waals surface area contributed by atoms with Gasteiger partial charge in [-0.1, -0.05) is 43.1 Å². The van der Waals surface area contributed by atoms with Crippen LogP contribution in [0.5, 0.6) is 0 Å². The second-order valence-electron chi connectivity index (χ2n) is 7.17. The van der Waals surface area contributed by atoms with Gasteiger partial charge < -0.3 is 10.2 Å². The second kappa shape index (κ2) is 8.75. The summed E-state index contributed by atoms with van der Waals surface area (Å²) in [6.45, 7) is 6.60. The van der Waals surface area contributed by atoms with E-state index in [4.69, 9.17) is 23.2 Å². The quantitative estimate of drug-likeness (QED) is 0.712. The van der Waals surface area contributed by atoms with E-state index in [9.17, 15) is 4.79 Å². The van der Waals surface area contributed by atoms with E-state index in [0.29, 0.717) is 22.5 Å². The van der Waals surface area contributed by atoms with Crippen LogP contribution in [0.4, 0.5) is 0 Å². The van der Waals surface area contributed by atoms with E-state index in [-0.39, 0.29) is 11.9 Å². The van der Waals surface area contributed by atoms with E-state index in [1.165, 1.54) is 10.4 Å². The Labute approximate surface area is 169 Å². The molecule has 0 fully saturated rings. The summed E-state index contributed by atoms with van der Waals surface area (Å²) in [5, 5.41) is 5.44. The van der Waals surface area contributed by atoms with Crippen molar-refractivity contribution < 1.29 is 10.1 Å². The average Bonchev–Trinajstić information content (AvgIpc) is 3.06. The molecule has 2 heterocycles. The third kappa shape index (κ3) is 4.42. The van der Waals surface area contributed by atoms with E-state index in [1.807, 2.05) is 17.0 Å². The number of hydrogen-bond acceptors (Lipinski definition) is 2. The van der Waals surface area contributed by atoms with Gasteiger partial charge in [-0.2, -0.15) is 0 Å². The zero-order chi connectivity index (χ0) is 18.7. The predicted molar refractivity (Wildman–Crippen MR) is 109 cm³/mol. The third-order valence-electron chi connectivity index (χ3n) is 4.81. The molecule has 140 valence electrons. The molecule has 0 bridgehead atoms. The van der Waals surface area contributed by atoms with E-state index < -0.39 is 0 Å². The highest BCUT2D eigenvalue weighted by molar-refractivity contribution is 7.10. The van der Waals surface area contributed by atoms with Crippen molar-refractivity contribution in [3.8, 4) is 0 Å². The number of nitrogens with zero attached hydrogens (tertiary/aromatic N) is 1. The molecule has 1 aromatic heterocycles. The molecule has 1 aliphatic heterocycles. The van der Waals surface area contributed by atoms with Crippen LogP contribution in [0.1, 0.15) is 42.3 Å². The molecule has 6 heteroatoms. The van der Waals surface area contributed by atoms with Gasteiger partial charge in [0.2, 0.25) is 0 Å². The van der Waals surface area contributed by atoms with Crippen LogP contribution < -0.4 is 5.32 Å². The Morgan fingerprint density at radius 2 is 2.12 bits per heavy atom. The number of hydrogen-bond donors (Lipinski definition) is 1. The van der Waals surface area contributed by atoms with Gasteiger partial charge in [0.15, 0.2) is 6.54 Å². The number of fused-ring (bicyclic) bond motifs is 1. The standard InChI is InChI=1S/C20H24Cl2N2OS/c1-13(2)5-8-23-12-19(25)24-9-6-18-16(7-10-26-18)20(24)15-4-3-14(21)11-17(15)22/h3-4,7,10-11,13,20,23H,5-6,8-9,12H2,1-2H3/p+1/t20-/m1/s1. The molecule has 1 atom stereocenters. The Kier molecular flexibility index (Phi) is 6.62. The number of halogens is 2. The fourth-order valence-electron chi connectivity index (χ4n) is 3.44. The van der Waals surface area contributed by atoms with Gasteiger partial charge in [-0.25, -0.2) is 0 Å². The molecule has 0 aliphatic carbocycles. The first-order chi connectivity index (χ1) is 12.5. The molecule has 3 rings (SSSR count). The lowest BCUT2D eigenvalue weighted by molar-refractivity contribution is -0.645. The number of rotatable bonds is 6. The average molecular weight is 412 g/mol. The molecule has 2 N–H and O–H groups in total. The Morgan fingerprint density at radius 3 is 2.85 bits per heavy atom. The predicted octanol–water partition coefficient (Wildman–Crippen LogP) is 4.14. The fourth-order valence-corrected chi connectivity index (χ4v) is 4.85. The summed E-state index contributed by atoms with van der Waals surface area (Å²) in [6, 6.07) is 7.56. The number of nitrogens with two attached hydrogens (primary N) is 1. The van der Waals surface area contributed by atoms with Gasteiger partial charge in [0.1, 0.15) is 0 Å². The summed E-state index contributed by atoms with van der Waals surface area (Å²) in [7, 11) is 0. The monoisotopic (exact) mass is 411 g/mol. The van der Waals surface area contributed by atoms with Crippen molar-refractivity contribution in [2.45, 2.75) is 32.7 Å². The first-order valence-corrected chi connectivity index (χ1v) is 10.7. The maximum absolute atomic E-state index is 13.0. The van der Waals surface area contributed by atoms with Crippen LogP contribution in [-0.2, 0) is 11.2 Å². The van der Waals surface area contributed by atoms with E-state index in [2.05, 4.69) is 30.6 Å². The SMILES string of the molecule is CC(C)CC[NH2+]CC(=O)N1CCc2sccc2[C@H]1c1ccc(Cl)cc1Cl. The Hall–Kier alpha value is -1.07. The van der Waals surface area contributed by atoms with E-state index in [1.54, 1.807) is 17.4 Å². The molecule has 26 heavy (non-hydrogen) atoms. The first-order valence-electron chi connectivity index (χ1n) is 9.09. The minimum atomic E-state index is -0.124. The van der Waals surface area contributed by atoms with Crippen LogP contribution >= 0.6 is 34.5 Å². The zero-order valence-corrected chi connectivity index (χ0v) is 17.5. The number of quaternary nitrogens is 1. The van der Waals surface area contributed by atoms with Crippen molar-refractivity contribution in [3.63, 3.8) is 0 Å². The summed E-state index contributed by atoms with van der Waals surface area (Å²) in [4.78, 5) is 16.3. The smallest absolute Gasteiger partial charge is 0.278 e. The van der Waals surface area contributed by atoms with Crippen molar-refractivity contribution in [1.82, 2.24) is 4.90 Å². The Bertz CT molecular complexity index is 775. The molecule has 0 spiro atoms. The van der Waals surface area contributed by atoms with Gasteiger partial charge >= 0.3 is 0 Å². The lowest BCUT2D eigenvalue weighted by atomic mass is 9.93. The van der Waals surface area contributed by atoms with Gasteiger partial charge in [0.25, 0.3) is 5.91 Å². The number of carbonyl (C=O) groups excluding carboxylic acids is 1. The molecule has 0 unspecified atom stereocenters. The minimum Gasteiger partial charge on any atom is -0.338 e. The molecule has 0 saturated heterocycles. The van der Waals surface area contributed by atoms with Crippen LogP contribution in [0.15, 0.2) is 29.6 Å². The number of thiophene rings is 1. The summed E-state index contributed by atoms with van der Waals surface area (Å²) in [5.74, 6) is 0.826. The molecule has 2 aromatic rings. The number of amides is 1. The fraction of sp³-hybridized carbons (Fsp3) is 0.450. The Morgan fingerprint density at radius 1 is 1.31 bits per heavy atom. The summed E-state index contributed by atoms with van der Waals surface area (Å²) in [6.07, 6.45) is 2.03. The van der Waals surface area contributed by atoms with Crippen LogP contribution in [0.25, 0.3) is 0 Å². The minimum absolute atomic E-state index is 0.124. The lowest BCUT2D eigenvalue weighted by Gasteiger charge is -2.36. The molecule has 1 aliphatic rings. The van der Waals surface area contributed by atoms with E-state index in [0.717, 1.165) is 31.5 Å². The maximum atomic E-state index is 13.0. The van der Waals surface area contributed by atoms with Gasteiger partial charge in [-0.05, 0) is 53.5 Å². The molecule has 0 radical (unpaired) electrons. The zero-order valence-electron chi connectivity index (χ0n) is 15.2. The van der Waals surface area contributed by atoms with Crippen LogP contribution in [0.3, 0.4) is 0 Å². The highest BCUT2D eigenvalue weighted by atomic mass is 35.5. The van der Waals surface area contributed by atoms with Gasteiger partial charge in [-0.15, -0.1) is 11.3 Å². The lowest BCUT2D eigenvalue weighted by Crippen LogP contribution is -2.87. The van der Waals surface area contributed by atoms with Crippen molar-refractivity contribution in [1.29, 1.82) is 0 Å². The van der Waals surface area contributed by atoms with Gasteiger partial charge in [0, 0.05) is 21.5 Å². The van der Waals surface area contributed by atoms with Crippen molar-refractivity contribution >= 4 is 40.4 Å². The van der Waals surface area contributed by atoms with Crippen LogP contribution in [0, 0.1) is 5.92 Å². The summed E-state index contributed by atoms with van der Waals surface area (Å²) < 4.78 is 0. The molecule has 1 aromatic carbocycles. The number of benzene rings is 1. The molecule has 3 nitrogen and oxygen atoms in total. The first kappa shape index (κ1) is 19.7. The maximum Gasteiger partial charge on any atom is 0.278 e. The molecular formula is C20H25Cl2N2OS+. The van der Waals surface area contributed by atoms with Gasteiger partial charge in [-0.3, -0.25) is 4.79 Å². The molecule has 0 saturated carbocycles. The Balaban J connectivity index is 1.83.